The van der Waals surface area contributed by atoms with E-state index >= 15 is 0 Å². The van der Waals surface area contributed by atoms with Crippen LogP contribution in [0.4, 0.5) is 4.39 Å². The molecular weight excluding hydrogens is 221 g/mol. The number of nitrogens with two attached hydrogens (primary N) is 1. The quantitative estimate of drug-likeness (QED) is 0.821. The highest BCUT2D eigenvalue weighted by Gasteiger charge is 2.29. The number of primary amides is 1. The minimum absolute atomic E-state index is 0.503. The molecular formula is C9H10FNO3S. The average molecular weight is 231 g/mol. The summed E-state index contributed by atoms with van der Waals surface area (Å²) in [5.41, 5.74) is 4.87. The fraction of sp³-hybridized carbons (Fsp3) is 0.222. The van der Waals surface area contributed by atoms with Gasteiger partial charge in [-0.15, -0.1) is 0 Å². The Hall–Kier alpha value is -1.43. The molecule has 82 valence electrons. The molecule has 6 heteroatoms. The lowest BCUT2D eigenvalue weighted by Crippen LogP contribution is -2.33. The standard InChI is InChI=1S/C9H10FNO3S/c1-6(9(11)12)15(13,14)8-5-3-2-4-7(8)10/h2-6H,1H3,(H2,11,12). The molecule has 0 radical (unpaired) electrons. The van der Waals surface area contributed by atoms with Gasteiger partial charge in [0.1, 0.15) is 16.0 Å². The molecule has 0 aromatic heterocycles. The van der Waals surface area contributed by atoms with Crippen LogP contribution < -0.4 is 5.73 Å². The lowest BCUT2D eigenvalue weighted by molar-refractivity contribution is -0.117. The van der Waals surface area contributed by atoms with Crippen LogP contribution >= 0.6 is 0 Å². The topological polar surface area (TPSA) is 77.2 Å². The SMILES string of the molecule is CC(C(N)=O)S(=O)(=O)c1ccccc1F. The van der Waals surface area contributed by atoms with Crippen LogP contribution in [-0.2, 0) is 14.6 Å². The molecule has 1 unspecified atom stereocenters. The highest BCUT2D eigenvalue weighted by molar-refractivity contribution is 7.92. The molecule has 0 aliphatic heterocycles. The second kappa shape index (κ2) is 3.98. The third kappa shape index (κ3) is 2.15. The smallest absolute Gasteiger partial charge is 0.235 e. The normalized spacial score (nSPS) is 13.5. The summed E-state index contributed by atoms with van der Waals surface area (Å²) in [6, 6.07) is 4.86. The molecule has 0 saturated heterocycles. The molecule has 1 rings (SSSR count). The number of amides is 1. The second-order valence-corrected chi connectivity index (χ2v) is 5.26. The van der Waals surface area contributed by atoms with Gasteiger partial charge in [-0.1, -0.05) is 12.1 Å². The monoisotopic (exact) mass is 231 g/mol. The molecule has 4 nitrogen and oxygen atoms in total. The second-order valence-electron chi connectivity index (χ2n) is 3.02. The van der Waals surface area contributed by atoms with Gasteiger partial charge in [-0.2, -0.15) is 0 Å². The Morgan fingerprint density at radius 2 is 1.93 bits per heavy atom. The number of carbonyl (C=O) groups is 1. The van der Waals surface area contributed by atoms with Crippen molar-refractivity contribution in [2.75, 3.05) is 0 Å². The Labute approximate surface area is 86.8 Å². The van der Waals surface area contributed by atoms with Gasteiger partial charge in [0.2, 0.25) is 5.91 Å². The maximum atomic E-state index is 13.2. The molecule has 1 aromatic carbocycles. The van der Waals surface area contributed by atoms with Crippen LogP contribution in [0.3, 0.4) is 0 Å². The highest BCUT2D eigenvalue weighted by Crippen LogP contribution is 2.18. The zero-order valence-corrected chi connectivity index (χ0v) is 8.79. The number of benzene rings is 1. The van der Waals surface area contributed by atoms with Crippen molar-refractivity contribution in [3.05, 3.63) is 30.1 Å². The van der Waals surface area contributed by atoms with Crippen LogP contribution in [0.25, 0.3) is 0 Å². The van der Waals surface area contributed by atoms with E-state index in [2.05, 4.69) is 0 Å². The van der Waals surface area contributed by atoms with Crippen molar-refractivity contribution >= 4 is 15.7 Å². The molecule has 0 aliphatic rings. The van der Waals surface area contributed by atoms with Gasteiger partial charge < -0.3 is 5.73 Å². The largest absolute Gasteiger partial charge is 0.369 e. The van der Waals surface area contributed by atoms with Crippen molar-refractivity contribution < 1.29 is 17.6 Å². The average Bonchev–Trinajstić information content (AvgIpc) is 2.16. The van der Waals surface area contributed by atoms with E-state index in [0.717, 1.165) is 19.1 Å². The third-order valence-electron chi connectivity index (χ3n) is 2.01. The zero-order valence-electron chi connectivity index (χ0n) is 7.98. The number of carbonyl (C=O) groups excluding carboxylic acids is 1. The van der Waals surface area contributed by atoms with E-state index < -0.39 is 31.7 Å². The zero-order chi connectivity index (χ0) is 11.6. The fourth-order valence-electron chi connectivity index (χ4n) is 1.02. The van der Waals surface area contributed by atoms with Crippen LogP contribution in [0.15, 0.2) is 29.2 Å². The van der Waals surface area contributed by atoms with Crippen molar-refractivity contribution in [1.82, 2.24) is 0 Å². The van der Waals surface area contributed by atoms with Gasteiger partial charge in [0.15, 0.2) is 9.84 Å². The van der Waals surface area contributed by atoms with Gasteiger partial charge >= 0.3 is 0 Å². The van der Waals surface area contributed by atoms with Crippen molar-refractivity contribution in [3.63, 3.8) is 0 Å². The number of hydrogen-bond donors (Lipinski definition) is 1. The summed E-state index contributed by atoms with van der Waals surface area (Å²) in [7, 11) is -4.02. The first kappa shape index (κ1) is 11.6. The van der Waals surface area contributed by atoms with Gasteiger partial charge in [-0.3, -0.25) is 4.79 Å². The van der Waals surface area contributed by atoms with E-state index in [0.29, 0.717) is 0 Å². The summed E-state index contributed by atoms with van der Waals surface area (Å²) in [4.78, 5) is 10.2. The molecule has 2 N–H and O–H groups in total. The molecule has 0 fully saturated rings. The van der Waals surface area contributed by atoms with E-state index in [-0.39, 0.29) is 0 Å². The van der Waals surface area contributed by atoms with E-state index in [9.17, 15) is 17.6 Å². The van der Waals surface area contributed by atoms with Crippen LogP contribution in [0.5, 0.6) is 0 Å². The van der Waals surface area contributed by atoms with Gasteiger partial charge in [-0.05, 0) is 19.1 Å². The predicted molar refractivity (Wildman–Crippen MR) is 52.2 cm³/mol. The predicted octanol–water partition coefficient (Wildman–Crippen LogP) is 0.473. The van der Waals surface area contributed by atoms with E-state index in [1.54, 1.807) is 0 Å². The Morgan fingerprint density at radius 1 is 1.40 bits per heavy atom. The Kier molecular flexibility index (Phi) is 3.09. The number of rotatable bonds is 3. The molecule has 0 bridgehead atoms. The Balaban J connectivity index is 3.30. The summed E-state index contributed by atoms with van der Waals surface area (Å²) in [6.07, 6.45) is 0. The lowest BCUT2D eigenvalue weighted by Gasteiger charge is -2.09. The Morgan fingerprint density at radius 3 is 2.40 bits per heavy atom. The summed E-state index contributed by atoms with van der Waals surface area (Å²) < 4.78 is 36.5. The molecule has 1 aromatic rings. The highest BCUT2D eigenvalue weighted by atomic mass is 32.2. The van der Waals surface area contributed by atoms with Gasteiger partial charge in [-0.25, -0.2) is 12.8 Å². The molecule has 0 aliphatic carbocycles. The molecule has 15 heavy (non-hydrogen) atoms. The number of halogens is 1. The molecule has 1 atom stereocenters. The molecule has 0 saturated carbocycles. The van der Waals surface area contributed by atoms with Crippen molar-refractivity contribution in [2.45, 2.75) is 17.1 Å². The summed E-state index contributed by atoms with van der Waals surface area (Å²) in [5, 5.41) is -1.44. The van der Waals surface area contributed by atoms with Crippen molar-refractivity contribution in [3.8, 4) is 0 Å². The fourth-order valence-corrected chi connectivity index (χ4v) is 2.31. The van der Waals surface area contributed by atoms with Gasteiger partial charge in [0.05, 0.1) is 0 Å². The minimum atomic E-state index is -4.02. The van der Waals surface area contributed by atoms with Gasteiger partial charge in [0, 0.05) is 0 Å². The summed E-state index contributed by atoms with van der Waals surface area (Å²) >= 11 is 0. The summed E-state index contributed by atoms with van der Waals surface area (Å²) in [5.74, 6) is -1.89. The molecule has 0 spiro atoms. The number of sulfone groups is 1. The number of hydrogen-bond acceptors (Lipinski definition) is 3. The maximum Gasteiger partial charge on any atom is 0.235 e. The van der Waals surface area contributed by atoms with Crippen LogP contribution in [0, 0.1) is 5.82 Å². The first-order valence-electron chi connectivity index (χ1n) is 4.15. The van der Waals surface area contributed by atoms with Gasteiger partial charge in [0.25, 0.3) is 0 Å². The molecule has 1 amide bonds. The van der Waals surface area contributed by atoms with Crippen LogP contribution in [0.2, 0.25) is 0 Å². The van der Waals surface area contributed by atoms with E-state index in [1.807, 2.05) is 0 Å². The maximum absolute atomic E-state index is 13.2. The third-order valence-corrected chi connectivity index (χ3v) is 4.12. The molecule has 0 heterocycles. The first-order valence-corrected chi connectivity index (χ1v) is 5.69. The van der Waals surface area contributed by atoms with Crippen molar-refractivity contribution in [1.29, 1.82) is 0 Å². The van der Waals surface area contributed by atoms with Crippen molar-refractivity contribution in [2.24, 2.45) is 5.73 Å². The Bertz CT molecular complexity index is 484. The van der Waals surface area contributed by atoms with E-state index in [4.69, 9.17) is 5.73 Å². The minimum Gasteiger partial charge on any atom is -0.369 e. The van der Waals surface area contributed by atoms with E-state index in [1.165, 1.54) is 12.1 Å². The summed E-state index contributed by atoms with van der Waals surface area (Å²) in [6.45, 7) is 1.13. The lowest BCUT2D eigenvalue weighted by atomic mass is 10.3. The van der Waals surface area contributed by atoms with Crippen LogP contribution in [0.1, 0.15) is 6.92 Å². The van der Waals surface area contributed by atoms with Crippen LogP contribution in [-0.4, -0.2) is 19.6 Å². The first-order chi connectivity index (χ1) is 6.87.